The second-order valence-corrected chi connectivity index (χ2v) is 12.7. The van der Waals surface area contributed by atoms with Gasteiger partial charge in [-0.15, -0.1) is 0 Å². The highest BCUT2D eigenvalue weighted by atomic mass is 16.5. The van der Waals surface area contributed by atoms with E-state index < -0.39 is 30.4 Å². The average molecular weight is 693 g/mol. The molecule has 3 amide bonds. The number of pyridine rings is 1. The average Bonchev–Trinajstić information content (AvgIpc) is 3.87. The molecular formula is C36H40N10O5. The Hall–Kier alpha value is -5.80. The topological polar surface area (TPSA) is 192 Å². The van der Waals surface area contributed by atoms with Crippen molar-refractivity contribution in [3.8, 4) is 0 Å². The summed E-state index contributed by atoms with van der Waals surface area (Å²) in [5.74, 6) is 0.934. The normalized spacial score (nSPS) is 21.5. The molecule has 5 unspecified atom stereocenters. The summed E-state index contributed by atoms with van der Waals surface area (Å²) < 4.78 is 6.46. The van der Waals surface area contributed by atoms with Crippen LogP contribution in [-0.2, 0) is 4.74 Å². The molecule has 4 heterocycles. The number of hydrogen-bond donors (Lipinski definition) is 6. The lowest BCUT2D eigenvalue weighted by atomic mass is 9.91. The molecule has 2 aromatic carbocycles. The van der Waals surface area contributed by atoms with Gasteiger partial charge in [-0.2, -0.15) is 9.97 Å². The van der Waals surface area contributed by atoms with E-state index in [1.54, 1.807) is 35.4 Å². The van der Waals surface area contributed by atoms with Crippen molar-refractivity contribution in [1.82, 2.24) is 35.1 Å². The predicted octanol–water partition coefficient (Wildman–Crippen LogP) is 3.26. The highest BCUT2D eigenvalue weighted by molar-refractivity contribution is 5.89. The quantitative estimate of drug-likeness (QED) is 0.126. The van der Waals surface area contributed by atoms with Crippen LogP contribution in [0.5, 0.6) is 0 Å². The van der Waals surface area contributed by atoms with Crippen molar-refractivity contribution in [1.29, 1.82) is 0 Å². The third kappa shape index (κ3) is 7.39. The summed E-state index contributed by atoms with van der Waals surface area (Å²) in [7, 11) is 1.24. The number of nitrogens with one attached hydrogen (secondary N) is 4. The van der Waals surface area contributed by atoms with Crippen LogP contribution in [0.4, 0.5) is 27.0 Å². The zero-order valence-electron chi connectivity index (χ0n) is 28.0. The van der Waals surface area contributed by atoms with Crippen LogP contribution in [0.2, 0.25) is 0 Å². The number of fused-ring (bicyclic) bond motifs is 1. The number of ether oxygens (including phenoxy) is 1. The van der Waals surface area contributed by atoms with E-state index in [1.165, 1.54) is 7.11 Å². The van der Waals surface area contributed by atoms with E-state index in [4.69, 9.17) is 19.7 Å². The summed E-state index contributed by atoms with van der Waals surface area (Å²) in [6, 6.07) is 22.1. The number of alkyl carbamates (subject to hydrolysis) is 1. The number of nitrogens with zero attached hydrogens (tertiary/aromatic N) is 6. The number of methoxy groups -OCH3 is 1. The van der Waals surface area contributed by atoms with E-state index in [-0.39, 0.29) is 24.4 Å². The first-order chi connectivity index (χ1) is 24.9. The Morgan fingerprint density at radius 3 is 2.39 bits per heavy atom. The van der Waals surface area contributed by atoms with Gasteiger partial charge in [-0.25, -0.2) is 14.6 Å². The monoisotopic (exact) mass is 692 g/mol. The van der Waals surface area contributed by atoms with Crippen LogP contribution in [-0.4, -0.2) is 97.9 Å². The third-order valence-corrected chi connectivity index (χ3v) is 9.51. The van der Waals surface area contributed by atoms with Gasteiger partial charge in [0.1, 0.15) is 12.2 Å². The molecule has 0 bridgehead atoms. The molecule has 5 atom stereocenters. The summed E-state index contributed by atoms with van der Waals surface area (Å²) in [5.41, 5.74) is 3.82. The number of rotatable bonds is 10. The van der Waals surface area contributed by atoms with Crippen molar-refractivity contribution in [2.75, 3.05) is 42.3 Å². The maximum absolute atomic E-state index is 12.8. The van der Waals surface area contributed by atoms with Crippen molar-refractivity contribution in [3.63, 3.8) is 0 Å². The lowest BCUT2D eigenvalue weighted by molar-refractivity contribution is 0.0142. The second kappa shape index (κ2) is 15.0. The maximum Gasteiger partial charge on any atom is 0.407 e. The minimum Gasteiger partial charge on any atom is -0.453 e. The van der Waals surface area contributed by atoms with Gasteiger partial charge in [-0.3, -0.25) is 4.98 Å². The van der Waals surface area contributed by atoms with E-state index in [2.05, 4.69) is 50.5 Å². The van der Waals surface area contributed by atoms with Crippen molar-refractivity contribution in [2.24, 2.45) is 0 Å². The SMILES string of the molecule is COC(=O)NC1CC(n2cnc3c(NCC(c4ccccc4)c4ccccc4)nc(N4CCC(NC(=O)Nc5cccnc5)C4)nc32)C(O)C1O. The van der Waals surface area contributed by atoms with Gasteiger partial charge < -0.3 is 45.7 Å². The summed E-state index contributed by atoms with van der Waals surface area (Å²) >= 11 is 0. The standard InChI is InChI=1S/C36H40N10O5/c1-51-36(50)42-27-17-28(31(48)30(27)47)46-21-39-29-32(38-19-26(22-9-4-2-5-10-22)23-11-6-3-7-12-23)43-34(44-33(29)46)45-16-14-25(20-45)41-35(49)40-24-13-8-15-37-18-24/h2-13,15,18,21,25-28,30-31,47-48H,14,16-17,19-20H2,1H3,(H,42,50)(H,38,43,44)(H2,40,41,49). The molecular weight excluding hydrogens is 652 g/mol. The van der Waals surface area contributed by atoms with Crippen LogP contribution < -0.4 is 26.2 Å². The number of hydrogen-bond acceptors (Lipinski definition) is 11. The Labute approximate surface area is 294 Å². The highest BCUT2D eigenvalue weighted by Gasteiger charge is 2.44. The van der Waals surface area contributed by atoms with Crippen molar-refractivity contribution < 1.29 is 24.5 Å². The smallest absolute Gasteiger partial charge is 0.407 e. The predicted molar refractivity (Wildman–Crippen MR) is 191 cm³/mol. The van der Waals surface area contributed by atoms with Crippen LogP contribution >= 0.6 is 0 Å². The second-order valence-electron chi connectivity index (χ2n) is 12.7. The molecule has 264 valence electrons. The Morgan fingerprint density at radius 1 is 0.961 bits per heavy atom. The molecule has 0 spiro atoms. The molecule has 3 aromatic heterocycles. The molecule has 5 aromatic rings. The van der Waals surface area contributed by atoms with Crippen LogP contribution in [0.1, 0.15) is 35.9 Å². The van der Waals surface area contributed by atoms with Gasteiger partial charge >= 0.3 is 12.1 Å². The molecule has 1 aliphatic carbocycles. The van der Waals surface area contributed by atoms with Crippen molar-refractivity contribution in [3.05, 3.63) is 103 Å². The molecule has 2 aliphatic rings. The molecule has 2 fully saturated rings. The number of carbonyl (C=O) groups is 2. The number of amides is 3. The van der Waals surface area contributed by atoms with Gasteiger partial charge in [0.2, 0.25) is 5.95 Å². The number of aliphatic hydroxyl groups is 2. The zero-order chi connectivity index (χ0) is 35.3. The molecule has 6 N–H and O–H groups in total. The molecule has 7 rings (SSSR count). The molecule has 1 saturated carbocycles. The van der Waals surface area contributed by atoms with Gasteiger partial charge in [-0.1, -0.05) is 60.7 Å². The Morgan fingerprint density at radius 2 is 1.71 bits per heavy atom. The lowest BCUT2D eigenvalue weighted by Gasteiger charge is -2.22. The van der Waals surface area contributed by atoms with Gasteiger partial charge in [0.05, 0.1) is 37.4 Å². The van der Waals surface area contributed by atoms with E-state index in [1.807, 2.05) is 41.3 Å². The van der Waals surface area contributed by atoms with E-state index >= 15 is 0 Å². The number of carbonyl (C=O) groups excluding carboxylic acids is 2. The largest absolute Gasteiger partial charge is 0.453 e. The number of anilines is 3. The fraction of sp³-hybridized carbons (Fsp3) is 0.333. The van der Waals surface area contributed by atoms with Crippen LogP contribution in [0.15, 0.2) is 91.5 Å². The van der Waals surface area contributed by atoms with Crippen LogP contribution in [0, 0.1) is 0 Å². The van der Waals surface area contributed by atoms with Crippen LogP contribution in [0.25, 0.3) is 11.2 Å². The highest BCUT2D eigenvalue weighted by Crippen LogP contribution is 2.35. The minimum atomic E-state index is -1.23. The molecule has 15 nitrogen and oxygen atoms in total. The summed E-state index contributed by atoms with van der Waals surface area (Å²) in [6.07, 6.45) is 2.55. The van der Waals surface area contributed by atoms with Gasteiger partial charge in [0.25, 0.3) is 0 Å². The lowest BCUT2D eigenvalue weighted by Crippen LogP contribution is -2.43. The van der Waals surface area contributed by atoms with Crippen molar-refractivity contribution >= 4 is 40.7 Å². The van der Waals surface area contributed by atoms with Gasteiger partial charge in [0.15, 0.2) is 17.0 Å². The molecule has 15 heteroatoms. The summed E-state index contributed by atoms with van der Waals surface area (Å²) in [6.45, 7) is 1.55. The fourth-order valence-corrected chi connectivity index (χ4v) is 6.90. The first kappa shape index (κ1) is 33.7. The number of imidazole rings is 1. The number of aliphatic hydroxyl groups excluding tert-OH is 2. The minimum absolute atomic E-state index is 0.00130. The molecule has 1 aliphatic heterocycles. The van der Waals surface area contributed by atoms with E-state index in [0.29, 0.717) is 54.7 Å². The van der Waals surface area contributed by atoms with E-state index in [0.717, 1.165) is 11.1 Å². The first-order valence-electron chi connectivity index (χ1n) is 16.9. The summed E-state index contributed by atoms with van der Waals surface area (Å²) in [4.78, 5) is 45.4. The number of benzene rings is 2. The maximum atomic E-state index is 12.8. The molecule has 51 heavy (non-hydrogen) atoms. The number of urea groups is 1. The number of aromatic nitrogens is 5. The summed E-state index contributed by atoms with van der Waals surface area (Å²) in [5, 5.41) is 34.0. The zero-order valence-corrected chi connectivity index (χ0v) is 28.0. The van der Waals surface area contributed by atoms with Gasteiger partial charge in [-0.05, 0) is 36.1 Å². The fourth-order valence-electron chi connectivity index (χ4n) is 6.90. The molecule has 0 radical (unpaired) electrons. The van der Waals surface area contributed by atoms with Crippen LogP contribution in [0.3, 0.4) is 0 Å². The Balaban J connectivity index is 1.19. The van der Waals surface area contributed by atoms with E-state index in [9.17, 15) is 19.8 Å². The Bertz CT molecular complexity index is 1910. The first-order valence-corrected chi connectivity index (χ1v) is 16.9. The van der Waals surface area contributed by atoms with Crippen molar-refractivity contribution in [2.45, 2.75) is 49.1 Å². The molecule has 1 saturated heterocycles. The van der Waals surface area contributed by atoms with Gasteiger partial charge in [0, 0.05) is 37.8 Å². The third-order valence-electron chi connectivity index (χ3n) is 9.51. The Kier molecular flexibility index (Phi) is 9.90.